The maximum atomic E-state index is 15.9. The van der Waals surface area contributed by atoms with Crippen molar-refractivity contribution >= 4 is 5.78 Å². The third kappa shape index (κ3) is 6.44. The molecule has 1 fully saturated rings. The largest absolute Gasteiger partial charge is 0.490 e. The van der Waals surface area contributed by atoms with Crippen molar-refractivity contribution in [2.24, 2.45) is 5.92 Å². The molecular formula is C30H39F2NO3. The molecule has 0 bridgehead atoms. The maximum Gasteiger partial charge on any atom is 0.166 e. The predicted molar refractivity (Wildman–Crippen MR) is 138 cm³/mol. The lowest BCUT2D eigenvalue weighted by molar-refractivity contribution is 0.0333. The van der Waals surface area contributed by atoms with Gasteiger partial charge < -0.3 is 9.47 Å². The van der Waals surface area contributed by atoms with Gasteiger partial charge in [-0.1, -0.05) is 44.9 Å². The highest BCUT2D eigenvalue weighted by Gasteiger charge is 2.42. The second kappa shape index (κ2) is 12.2. The third-order valence-corrected chi connectivity index (χ3v) is 7.50. The normalized spacial score (nSPS) is 19.3. The van der Waals surface area contributed by atoms with Crippen LogP contribution in [0.2, 0.25) is 0 Å². The Kier molecular flexibility index (Phi) is 9.00. The van der Waals surface area contributed by atoms with Crippen LogP contribution < -0.4 is 9.47 Å². The van der Waals surface area contributed by atoms with E-state index in [1.807, 2.05) is 18.2 Å². The molecule has 2 aliphatic rings. The van der Waals surface area contributed by atoms with Gasteiger partial charge in [-0.3, -0.25) is 9.69 Å². The summed E-state index contributed by atoms with van der Waals surface area (Å²) in [5.74, 6) is 0.723. The number of hydrogen-bond donors (Lipinski definition) is 0. The fourth-order valence-electron chi connectivity index (χ4n) is 5.25. The van der Waals surface area contributed by atoms with Crippen molar-refractivity contribution in [1.82, 2.24) is 4.90 Å². The first kappa shape index (κ1) is 26.6. The molecule has 0 saturated carbocycles. The van der Waals surface area contributed by atoms with E-state index >= 15 is 4.39 Å². The van der Waals surface area contributed by atoms with E-state index in [0.29, 0.717) is 74.7 Å². The summed E-state index contributed by atoms with van der Waals surface area (Å²) in [6.45, 7) is 7.01. The number of carbonyl (C=O) groups excluding carboxylic acids is 1. The minimum Gasteiger partial charge on any atom is -0.490 e. The van der Waals surface area contributed by atoms with Gasteiger partial charge in [0.05, 0.1) is 13.2 Å². The lowest BCUT2D eigenvalue weighted by Crippen LogP contribution is -2.43. The predicted octanol–water partition coefficient (Wildman–Crippen LogP) is 6.93. The number of benzene rings is 2. The van der Waals surface area contributed by atoms with Crippen molar-refractivity contribution in [3.63, 3.8) is 0 Å². The summed E-state index contributed by atoms with van der Waals surface area (Å²) in [6, 6.07) is 10.5. The van der Waals surface area contributed by atoms with E-state index in [1.165, 1.54) is 6.07 Å². The van der Waals surface area contributed by atoms with Crippen LogP contribution in [0.3, 0.4) is 0 Å². The standard InChI is InChI=1S/C30H39F2NO3/c1-3-5-15-35-27-18-23-17-24(29(34)25(23)19-28(27)36-16-6-4-2)20-30(32)11-13-33(14-12-30)21-22-9-7-8-10-26(22)31/h7-10,18-19,24H,3-6,11-17,20-21H2,1-2H3. The van der Waals surface area contributed by atoms with Gasteiger partial charge in [0.1, 0.15) is 11.5 Å². The average molecular weight is 500 g/mol. The number of piperidine rings is 1. The van der Waals surface area contributed by atoms with Crippen molar-refractivity contribution in [3.05, 3.63) is 58.9 Å². The number of Topliss-reactive ketones (excluding diaryl/α,β-unsaturated/α-hetero) is 1. The van der Waals surface area contributed by atoms with E-state index in [2.05, 4.69) is 18.7 Å². The van der Waals surface area contributed by atoms with Crippen LogP contribution in [-0.4, -0.2) is 42.7 Å². The second-order valence-corrected chi connectivity index (χ2v) is 10.3. The summed E-state index contributed by atoms with van der Waals surface area (Å²) in [4.78, 5) is 15.4. The molecule has 36 heavy (non-hydrogen) atoms. The van der Waals surface area contributed by atoms with Crippen LogP contribution in [-0.2, 0) is 13.0 Å². The Morgan fingerprint density at radius 1 is 1.00 bits per heavy atom. The van der Waals surface area contributed by atoms with Gasteiger partial charge in [-0.25, -0.2) is 8.78 Å². The number of hydrogen-bond acceptors (Lipinski definition) is 4. The molecular weight excluding hydrogens is 460 g/mol. The van der Waals surface area contributed by atoms with E-state index < -0.39 is 5.67 Å². The molecule has 4 rings (SSSR count). The molecule has 4 nitrogen and oxygen atoms in total. The van der Waals surface area contributed by atoms with Gasteiger partial charge in [-0.15, -0.1) is 0 Å². The van der Waals surface area contributed by atoms with Gasteiger partial charge in [0.25, 0.3) is 0 Å². The molecule has 196 valence electrons. The number of ketones is 1. The summed E-state index contributed by atoms with van der Waals surface area (Å²) in [6.07, 6.45) is 5.43. The fraction of sp³-hybridized carbons (Fsp3) is 0.567. The molecule has 0 spiro atoms. The highest BCUT2D eigenvalue weighted by molar-refractivity contribution is 6.03. The first-order valence-corrected chi connectivity index (χ1v) is 13.5. The maximum absolute atomic E-state index is 15.9. The number of alkyl halides is 1. The van der Waals surface area contributed by atoms with E-state index in [0.717, 1.165) is 31.2 Å². The Morgan fingerprint density at radius 3 is 2.28 bits per heavy atom. The molecule has 0 aromatic heterocycles. The summed E-state index contributed by atoms with van der Waals surface area (Å²) >= 11 is 0. The zero-order chi connectivity index (χ0) is 25.5. The number of unbranched alkanes of at least 4 members (excludes halogenated alkanes) is 2. The second-order valence-electron chi connectivity index (χ2n) is 10.3. The summed E-state index contributed by atoms with van der Waals surface area (Å²) in [7, 11) is 0. The van der Waals surface area contributed by atoms with Crippen LogP contribution in [0.1, 0.15) is 80.3 Å². The number of carbonyl (C=O) groups is 1. The number of rotatable bonds is 12. The summed E-state index contributed by atoms with van der Waals surface area (Å²) in [5.41, 5.74) is 0.837. The van der Waals surface area contributed by atoms with E-state index in [-0.39, 0.29) is 23.9 Å². The molecule has 1 unspecified atom stereocenters. The third-order valence-electron chi connectivity index (χ3n) is 7.50. The van der Waals surface area contributed by atoms with Crippen LogP contribution in [0, 0.1) is 11.7 Å². The molecule has 0 radical (unpaired) electrons. The van der Waals surface area contributed by atoms with Gasteiger partial charge in [0.2, 0.25) is 0 Å². The van der Waals surface area contributed by atoms with Crippen LogP contribution in [0.5, 0.6) is 11.5 Å². The Balaban J connectivity index is 1.39. The van der Waals surface area contributed by atoms with Crippen molar-refractivity contribution < 1.29 is 23.0 Å². The Labute approximate surface area is 214 Å². The molecule has 1 aliphatic carbocycles. The minimum atomic E-state index is -1.38. The molecule has 6 heteroatoms. The fourth-order valence-corrected chi connectivity index (χ4v) is 5.25. The Hall–Kier alpha value is -2.47. The Morgan fingerprint density at radius 2 is 1.64 bits per heavy atom. The number of likely N-dealkylation sites (tertiary alicyclic amines) is 1. The van der Waals surface area contributed by atoms with E-state index in [4.69, 9.17) is 9.47 Å². The van der Waals surface area contributed by atoms with Gasteiger partial charge in [0.15, 0.2) is 17.3 Å². The molecule has 2 aromatic carbocycles. The molecule has 1 aliphatic heterocycles. The van der Waals surface area contributed by atoms with Gasteiger partial charge in [-0.2, -0.15) is 0 Å². The van der Waals surface area contributed by atoms with Crippen LogP contribution in [0.25, 0.3) is 0 Å². The number of nitrogens with zero attached hydrogens (tertiary/aromatic N) is 1. The van der Waals surface area contributed by atoms with Crippen molar-refractivity contribution in [2.45, 2.75) is 77.4 Å². The molecule has 0 amide bonds. The summed E-state index contributed by atoms with van der Waals surface area (Å²) in [5, 5.41) is 0. The van der Waals surface area contributed by atoms with E-state index in [9.17, 15) is 9.18 Å². The highest BCUT2D eigenvalue weighted by Crippen LogP contribution is 2.42. The van der Waals surface area contributed by atoms with E-state index in [1.54, 1.807) is 12.1 Å². The van der Waals surface area contributed by atoms with Gasteiger partial charge >= 0.3 is 0 Å². The molecule has 1 heterocycles. The number of fused-ring (bicyclic) bond motifs is 1. The van der Waals surface area contributed by atoms with Crippen molar-refractivity contribution in [3.8, 4) is 11.5 Å². The molecule has 1 saturated heterocycles. The smallest absolute Gasteiger partial charge is 0.166 e. The minimum absolute atomic E-state index is 0.0104. The topological polar surface area (TPSA) is 38.8 Å². The highest BCUT2D eigenvalue weighted by atomic mass is 19.1. The van der Waals surface area contributed by atoms with Gasteiger partial charge in [0, 0.05) is 36.7 Å². The van der Waals surface area contributed by atoms with Gasteiger partial charge in [-0.05, 0) is 62.3 Å². The molecule has 2 aromatic rings. The SMILES string of the molecule is CCCCOc1cc2c(cc1OCCCC)C(=O)C(CC1(F)CCN(Cc3ccccc3F)CC1)C2. The lowest BCUT2D eigenvalue weighted by atomic mass is 9.82. The van der Waals surface area contributed by atoms with Crippen LogP contribution in [0.15, 0.2) is 36.4 Å². The zero-order valence-corrected chi connectivity index (χ0v) is 21.7. The first-order chi connectivity index (χ1) is 17.4. The average Bonchev–Trinajstić information content (AvgIpc) is 3.16. The zero-order valence-electron chi connectivity index (χ0n) is 21.7. The number of halogens is 2. The lowest BCUT2D eigenvalue weighted by Gasteiger charge is -2.37. The van der Waals surface area contributed by atoms with Crippen LogP contribution in [0.4, 0.5) is 8.78 Å². The molecule has 0 N–H and O–H groups in total. The first-order valence-electron chi connectivity index (χ1n) is 13.5. The monoisotopic (exact) mass is 499 g/mol. The molecule has 1 atom stereocenters. The Bertz CT molecular complexity index is 1030. The number of ether oxygens (including phenoxy) is 2. The van der Waals surface area contributed by atoms with Crippen LogP contribution >= 0.6 is 0 Å². The van der Waals surface area contributed by atoms with Crippen molar-refractivity contribution in [1.29, 1.82) is 0 Å². The summed E-state index contributed by atoms with van der Waals surface area (Å²) < 4.78 is 41.9. The van der Waals surface area contributed by atoms with Crippen molar-refractivity contribution in [2.75, 3.05) is 26.3 Å². The quantitative estimate of drug-likeness (QED) is 0.297.